The van der Waals surface area contributed by atoms with Crippen LogP contribution in [0.25, 0.3) is 11.1 Å². The Hall–Kier alpha value is -4.26. The minimum Gasteiger partial charge on any atom is -0.480 e. The van der Waals surface area contributed by atoms with Gasteiger partial charge in [0.25, 0.3) is 16.1 Å². The smallest absolute Gasteiger partial charge is 0.407 e. The van der Waals surface area contributed by atoms with E-state index in [2.05, 4.69) is 5.32 Å². The van der Waals surface area contributed by atoms with Gasteiger partial charge in [0.15, 0.2) is 0 Å². The van der Waals surface area contributed by atoms with Gasteiger partial charge in [-0.15, -0.1) is 4.83 Å². The van der Waals surface area contributed by atoms with Crippen LogP contribution in [0, 0.1) is 0 Å². The van der Waals surface area contributed by atoms with Crippen LogP contribution in [0.2, 0.25) is 0 Å². The van der Waals surface area contributed by atoms with E-state index in [1.807, 2.05) is 58.7 Å². The number of amides is 2. The number of hydrogen-bond donors (Lipinski definition) is 5. The molecular weight excluding hydrogens is 524 g/mol. The predicted molar refractivity (Wildman–Crippen MR) is 143 cm³/mol. The summed E-state index contributed by atoms with van der Waals surface area (Å²) in [6, 6.07) is 21.5. The van der Waals surface area contributed by atoms with Gasteiger partial charge in [0, 0.05) is 5.92 Å². The number of ether oxygens (including phenoxy) is 1. The molecule has 204 valence electrons. The third-order valence-electron chi connectivity index (χ3n) is 6.26. The van der Waals surface area contributed by atoms with Crippen molar-refractivity contribution < 1.29 is 32.6 Å². The number of carboxylic acid groups (broad SMARTS) is 1. The SMILES string of the molecule is C[C@H](NC(=O)OCC1c2ccccc2-c2ccccc21)C(=O)NNS(=O)(=O)N[C@H](Cc1ccccc1)C(=O)O. The van der Waals surface area contributed by atoms with Crippen molar-refractivity contribution in [3.8, 4) is 11.1 Å². The summed E-state index contributed by atoms with van der Waals surface area (Å²) in [6.45, 7) is 1.39. The van der Waals surface area contributed by atoms with Gasteiger partial charge in [0.05, 0.1) is 0 Å². The molecule has 2 amide bonds. The lowest BCUT2D eigenvalue weighted by molar-refractivity contribution is -0.138. The van der Waals surface area contributed by atoms with Crippen LogP contribution in [0.15, 0.2) is 78.9 Å². The van der Waals surface area contributed by atoms with Crippen LogP contribution in [0.5, 0.6) is 0 Å². The Kier molecular flexibility index (Phi) is 8.59. The highest BCUT2D eigenvalue weighted by Gasteiger charge is 2.30. The van der Waals surface area contributed by atoms with Gasteiger partial charge in [-0.3, -0.25) is 15.0 Å². The Labute approximate surface area is 225 Å². The van der Waals surface area contributed by atoms with Crippen molar-refractivity contribution >= 4 is 28.2 Å². The lowest BCUT2D eigenvalue weighted by Crippen LogP contribution is -2.56. The van der Waals surface area contributed by atoms with Crippen molar-refractivity contribution in [1.82, 2.24) is 20.3 Å². The van der Waals surface area contributed by atoms with Gasteiger partial charge in [-0.2, -0.15) is 13.1 Å². The molecule has 12 heteroatoms. The first-order valence-electron chi connectivity index (χ1n) is 12.1. The lowest BCUT2D eigenvalue weighted by atomic mass is 9.98. The third kappa shape index (κ3) is 6.99. The van der Waals surface area contributed by atoms with Gasteiger partial charge in [-0.25, -0.2) is 4.79 Å². The summed E-state index contributed by atoms with van der Waals surface area (Å²) >= 11 is 0. The number of carbonyl (C=O) groups excluding carboxylic acids is 2. The van der Waals surface area contributed by atoms with E-state index >= 15 is 0 Å². The van der Waals surface area contributed by atoms with Gasteiger partial charge in [-0.1, -0.05) is 78.9 Å². The minimum atomic E-state index is -4.44. The first kappa shape index (κ1) is 27.8. The van der Waals surface area contributed by atoms with Crippen LogP contribution in [0.3, 0.4) is 0 Å². The molecule has 39 heavy (non-hydrogen) atoms. The molecule has 0 aromatic heterocycles. The first-order chi connectivity index (χ1) is 18.6. The number of hydrazine groups is 1. The minimum absolute atomic E-state index is 0.0444. The molecule has 0 aliphatic heterocycles. The molecule has 0 heterocycles. The maximum atomic E-state index is 12.4. The molecule has 2 atom stereocenters. The molecular formula is C27H28N4O7S. The van der Waals surface area contributed by atoms with E-state index in [1.165, 1.54) is 6.92 Å². The van der Waals surface area contributed by atoms with Crippen molar-refractivity contribution in [3.05, 3.63) is 95.6 Å². The van der Waals surface area contributed by atoms with Gasteiger partial charge in [0.2, 0.25) is 0 Å². The molecule has 3 aromatic carbocycles. The summed E-state index contributed by atoms with van der Waals surface area (Å²) in [6.07, 6.45) is -0.959. The molecule has 11 nitrogen and oxygen atoms in total. The Balaban J connectivity index is 1.27. The zero-order chi connectivity index (χ0) is 28.0. The van der Waals surface area contributed by atoms with E-state index in [9.17, 15) is 27.9 Å². The van der Waals surface area contributed by atoms with E-state index < -0.39 is 40.3 Å². The van der Waals surface area contributed by atoms with Gasteiger partial charge in [0.1, 0.15) is 18.7 Å². The number of benzene rings is 3. The molecule has 0 radical (unpaired) electrons. The molecule has 0 fully saturated rings. The standard InChI is InChI=1S/C27H28N4O7S/c1-17(25(32)29-31-39(36,37)30-24(26(33)34)15-18-9-3-2-4-10-18)28-27(35)38-16-23-21-13-7-5-11-19(21)20-12-6-8-14-22(20)23/h2-14,17,23-24,30-31H,15-16H2,1H3,(H,28,35)(H,29,32)(H,33,34)/t17-,24+/m0/s1. The summed E-state index contributed by atoms with van der Waals surface area (Å²) in [5.74, 6) is -2.44. The van der Waals surface area contributed by atoms with Gasteiger partial charge < -0.3 is 15.2 Å². The topological polar surface area (TPSA) is 163 Å². The van der Waals surface area contributed by atoms with E-state index in [-0.39, 0.29) is 18.9 Å². The van der Waals surface area contributed by atoms with Crippen LogP contribution in [-0.2, 0) is 31.0 Å². The van der Waals surface area contributed by atoms with Crippen LogP contribution in [-0.4, -0.2) is 50.2 Å². The summed E-state index contributed by atoms with van der Waals surface area (Å²) in [4.78, 5) is 38.1. The number of nitrogens with one attached hydrogen (secondary N) is 4. The average molecular weight is 553 g/mol. The number of carboxylic acids is 1. The van der Waals surface area contributed by atoms with Crippen molar-refractivity contribution in [2.24, 2.45) is 0 Å². The first-order valence-corrected chi connectivity index (χ1v) is 13.6. The number of alkyl carbamates (subject to hydrolysis) is 1. The zero-order valence-electron chi connectivity index (χ0n) is 21.0. The number of rotatable bonds is 11. The molecule has 3 aromatic rings. The Morgan fingerprint density at radius 1 is 0.897 bits per heavy atom. The largest absolute Gasteiger partial charge is 0.480 e. The molecule has 1 aliphatic carbocycles. The van der Waals surface area contributed by atoms with Crippen LogP contribution in [0.4, 0.5) is 4.79 Å². The molecule has 5 N–H and O–H groups in total. The average Bonchev–Trinajstić information content (AvgIpc) is 3.24. The fraction of sp³-hybridized carbons (Fsp3) is 0.222. The van der Waals surface area contributed by atoms with Crippen molar-refractivity contribution in [2.75, 3.05) is 6.61 Å². The van der Waals surface area contributed by atoms with Gasteiger partial charge >= 0.3 is 12.1 Å². The second-order valence-electron chi connectivity index (χ2n) is 8.98. The Bertz CT molecular complexity index is 1420. The number of aliphatic carboxylic acids is 1. The number of hydrogen-bond acceptors (Lipinski definition) is 6. The van der Waals surface area contributed by atoms with E-state index in [4.69, 9.17) is 4.74 Å². The second-order valence-corrected chi connectivity index (χ2v) is 10.4. The molecule has 0 spiro atoms. The Morgan fingerprint density at radius 3 is 2.05 bits per heavy atom. The van der Waals surface area contributed by atoms with E-state index in [0.717, 1.165) is 22.3 Å². The van der Waals surface area contributed by atoms with Gasteiger partial charge in [-0.05, 0) is 41.2 Å². The molecule has 0 saturated heterocycles. The molecule has 0 bridgehead atoms. The van der Waals surface area contributed by atoms with E-state index in [0.29, 0.717) is 5.56 Å². The highest BCUT2D eigenvalue weighted by molar-refractivity contribution is 7.87. The maximum absolute atomic E-state index is 12.4. The fourth-order valence-electron chi connectivity index (χ4n) is 4.35. The van der Waals surface area contributed by atoms with Crippen molar-refractivity contribution in [3.63, 3.8) is 0 Å². The monoisotopic (exact) mass is 552 g/mol. The third-order valence-corrected chi connectivity index (χ3v) is 7.22. The molecule has 4 rings (SSSR count). The Morgan fingerprint density at radius 2 is 1.46 bits per heavy atom. The molecule has 0 saturated carbocycles. The maximum Gasteiger partial charge on any atom is 0.407 e. The zero-order valence-corrected chi connectivity index (χ0v) is 21.8. The number of fused-ring (bicyclic) bond motifs is 3. The molecule has 0 unspecified atom stereocenters. The van der Waals surface area contributed by atoms with Crippen molar-refractivity contribution in [2.45, 2.75) is 31.3 Å². The van der Waals surface area contributed by atoms with Crippen LogP contribution in [0.1, 0.15) is 29.5 Å². The normalized spacial score (nSPS) is 14.0. The number of carbonyl (C=O) groups is 3. The highest BCUT2D eigenvalue weighted by Crippen LogP contribution is 2.44. The summed E-state index contributed by atoms with van der Waals surface area (Å²) in [5.41, 5.74) is 6.78. The predicted octanol–water partition coefficient (Wildman–Crippen LogP) is 2.06. The van der Waals surface area contributed by atoms with Crippen LogP contribution >= 0.6 is 0 Å². The fourth-order valence-corrected chi connectivity index (χ4v) is 5.21. The second kappa shape index (κ2) is 12.1. The van der Waals surface area contributed by atoms with Crippen molar-refractivity contribution in [1.29, 1.82) is 0 Å². The van der Waals surface area contributed by atoms with Crippen LogP contribution < -0.4 is 20.3 Å². The highest BCUT2D eigenvalue weighted by atomic mass is 32.2. The quantitative estimate of drug-likeness (QED) is 0.227. The summed E-state index contributed by atoms with van der Waals surface area (Å²) in [5, 5.41) is 11.8. The molecule has 1 aliphatic rings. The van der Waals surface area contributed by atoms with E-state index in [1.54, 1.807) is 35.2 Å². The lowest BCUT2D eigenvalue weighted by Gasteiger charge is -2.18. The summed E-state index contributed by atoms with van der Waals surface area (Å²) in [7, 11) is -4.44. The summed E-state index contributed by atoms with van der Waals surface area (Å²) < 4.78 is 32.0.